The lowest BCUT2D eigenvalue weighted by atomic mass is 9.97. The first-order valence-electron chi connectivity index (χ1n) is 47.5. The molecule has 694 valence electrons. The first-order valence-corrected chi connectivity index (χ1v) is 47.5. The minimum absolute atomic E-state index is 0.408. The molecular formula is C124H101N5O12. The van der Waals surface area contributed by atoms with Crippen LogP contribution in [0, 0.1) is 34.6 Å². The van der Waals surface area contributed by atoms with E-state index in [0.717, 1.165) is 185 Å². The van der Waals surface area contributed by atoms with Crippen LogP contribution in [0.15, 0.2) is 386 Å². The van der Waals surface area contributed by atoms with E-state index in [1.54, 1.807) is 34.5 Å². The second-order valence-electron chi connectivity index (χ2n) is 35.6. The third kappa shape index (κ3) is 16.7. The fourth-order valence-electron chi connectivity index (χ4n) is 19.9. The monoisotopic (exact) mass is 1850 g/mol. The number of hydrogen-bond donors (Lipinski definition) is 0. The van der Waals surface area contributed by atoms with Crippen molar-refractivity contribution in [2.75, 3.05) is 52.9 Å². The topological polar surface area (TPSA) is 154 Å². The van der Waals surface area contributed by atoms with Crippen LogP contribution in [-0.2, 0) is 32.3 Å². The number of fused-ring (bicyclic) bond motifs is 20. The lowest BCUT2D eigenvalue weighted by Gasteiger charge is -2.29. The maximum Gasteiger partial charge on any atom is 0.345 e. The summed E-state index contributed by atoms with van der Waals surface area (Å²) in [5.74, 6) is 7.62. The lowest BCUT2D eigenvalue weighted by Crippen LogP contribution is -2.16. The van der Waals surface area contributed by atoms with Crippen molar-refractivity contribution >= 4 is 159 Å². The Hall–Kier alpha value is -17.6. The van der Waals surface area contributed by atoms with Crippen molar-refractivity contribution in [2.45, 2.75) is 73.3 Å². The molecule has 21 aromatic rings. The molecule has 0 saturated carbocycles. The van der Waals surface area contributed by atoms with Crippen molar-refractivity contribution in [2.24, 2.45) is 0 Å². The number of esters is 1. The molecule has 5 aliphatic heterocycles. The molecule has 0 amide bonds. The highest BCUT2D eigenvalue weighted by molar-refractivity contribution is 6.08. The van der Waals surface area contributed by atoms with Crippen LogP contribution >= 0.6 is 0 Å². The van der Waals surface area contributed by atoms with E-state index >= 15 is 0 Å². The zero-order valence-electron chi connectivity index (χ0n) is 79.7. The molecule has 0 bridgehead atoms. The smallest absolute Gasteiger partial charge is 0.345 e. The number of aryl methyl sites for hydroxylation is 9. The third-order valence-corrected chi connectivity index (χ3v) is 26.6. The highest BCUT2D eigenvalue weighted by atomic mass is 16.5. The quantitative estimate of drug-likeness (QED) is 0.119. The van der Waals surface area contributed by atoms with Crippen molar-refractivity contribution < 1.29 is 55.3 Å². The van der Waals surface area contributed by atoms with Crippen molar-refractivity contribution in [1.82, 2.24) is 0 Å². The minimum Gasteiger partial charge on any atom is -0.495 e. The SMILES string of the molecule is COc1ccccc1N1c2ccccc2C(=O)Oc2c1oc1ccc(C)cc21.COc1ccccc1N1c2ccccc2CCCc2c1oc1ccc(C)cc21.COc1ccccc1N1c2ccccc2CCc2c1oc1ccc(C)cc21.COc1ccccc1N1c2ccccc2COc2c1oc1ccc(C)cc21.Cc1ccc2oc3c(c2c1)C=Cc1ccccc1N3c1ccccc1-c1ccccc1. The lowest BCUT2D eigenvalue weighted by molar-refractivity contribution is 0.0740. The van der Waals surface area contributed by atoms with Gasteiger partial charge in [0, 0.05) is 44.0 Å². The molecule has 16 aromatic carbocycles. The Labute approximate surface area is 817 Å². The number of furan rings is 5. The van der Waals surface area contributed by atoms with Gasteiger partial charge in [0.2, 0.25) is 35.2 Å². The molecule has 10 heterocycles. The summed E-state index contributed by atoms with van der Waals surface area (Å²) in [4.78, 5) is 23.6. The van der Waals surface area contributed by atoms with E-state index < -0.39 is 5.97 Å². The van der Waals surface area contributed by atoms with Gasteiger partial charge >= 0.3 is 5.97 Å². The van der Waals surface area contributed by atoms with E-state index in [2.05, 4.69) is 272 Å². The molecule has 0 fully saturated rings. The fourth-order valence-corrected chi connectivity index (χ4v) is 19.9. The molecule has 0 saturated heterocycles. The van der Waals surface area contributed by atoms with Crippen LogP contribution in [0.1, 0.15) is 83.5 Å². The summed E-state index contributed by atoms with van der Waals surface area (Å²) in [5, 5.41) is 5.31. The molecule has 17 nitrogen and oxygen atoms in total. The Morgan fingerprint density at radius 2 is 0.603 bits per heavy atom. The van der Waals surface area contributed by atoms with Gasteiger partial charge in [0.05, 0.1) is 102 Å². The normalized spacial score (nSPS) is 13.0. The standard InChI is InChI=1S/C29H21NO.C25H23NO2.C24H21NO2.C23H17NO4.C23H19NO3/c1-20-15-18-28-25(19-20)24-17-16-22-11-5-7-13-26(22)30(29(24)31-28)27-14-8-6-12-23(27)21-9-3-2-4-10-21;1-17-14-15-23-20(16-17)19-10-7-9-18-8-3-4-11-21(18)26(25(19)28-23)22-12-5-6-13-24(22)27-2;1-16-11-14-22-19(15-16)18-13-12-17-7-3-4-8-20(17)25(24(18)27-22)21-9-5-6-10-23(21)26-2;1-14-11-12-19-16(13-14)21-22(27-19)24(18-9-5-6-10-20(18)26-2)17-8-4-3-7-15(17)23(25)28-21;1-15-11-12-20-17(13-15)22-23(27-20)24(19-9-5-6-10-21(19)25-2)18-8-4-3-7-16(18)14-26-22/h2-19H,1H3;3-6,8,11-16H,7,9-10H2,1-2H3;3-11,14-15H,12-13H2,1-2H3;3-13H,1-2H3;3-13H,14H2,1-2H3. The molecule has 0 N–H and O–H groups in total. The van der Waals surface area contributed by atoms with E-state index in [0.29, 0.717) is 46.7 Å². The number of methoxy groups -OCH3 is 4. The van der Waals surface area contributed by atoms with Crippen molar-refractivity contribution in [3.05, 3.63) is 436 Å². The van der Waals surface area contributed by atoms with Crippen LogP contribution in [0.25, 0.3) is 78.1 Å². The summed E-state index contributed by atoms with van der Waals surface area (Å²) >= 11 is 0. The van der Waals surface area contributed by atoms with E-state index in [4.69, 9.17) is 50.5 Å². The maximum absolute atomic E-state index is 12.9. The van der Waals surface area contributed by atoms with Gasteiger partial charge in [0.15, 0.2) is 5.75 Å². The summed E-state index contributed by atoms with van der Waals surface area (Å²) in [5.41, 5.74) is 31.4. The molecule has 0 radical (unpaired) electrons. The minimum atomic E-state index is -0.418. The predicted molar refractivity (Wildman–Crippen MR) is 567 cm³/mol. The molecule has 0 unspecified atom stereocenters. The Morgan fingerprint density at radius 1 is 0.262 bits per heavy atom. The van der Waals surface area contributed by atoms with Gasteiger partial charge in [-0.2, -0.15) is 0 Å². The summed E-state index contributed by atoms with van der Waals surface area (Å²) < 4.78 is 66.5. The zero-order chi connectivity index (χ0) is 95.9. The van der Waals surface area contributed by atoms with Gasteiger partial charge in [-0.15, -0.1) is 0 Å². The Kier molecular flexibility index (Phi) is 24.0. The molecule has 141 heavy (non-hydrogen) atoms. The van der Waals surface area contributed by atoms with Crippen LogP contribution in [0.3, 0.4) is 0 Å². The van der Waals surface area contributed by atoms with Gasteiger partial charge in [-0.25, -0.2) is 4.79 Å². The molecule has 5 aliphatic rings. The molecule has 17 heteroatoms. The summed E-state index contributed by atoms with van der Waals surface area (Å²) in [6, 6.07) is 123. The molecule has 0 aliphatic carbocycles. The van der Waals surface area contributed by atoms with Crippen LogP contribution < -0.4 is 52.9 Å². The number of rotatable bonds is 10. The van der Waals surface area contributed by atoms with Crippen LogP contribution in [0.4, 0.5) is 86.3 Å². The Bertz CT molecular complexity index is 8170. The van der Waals surface area contributed by atoms with Gasteiger partial charge in [0.25, 0.3) is 0 Å². The summed E-state index contributed by atoms with van der Waals surface area (Å²) in [6.45, 7) is 10.9. The zero-order valence-corrected chi connectivity index (χ0v) is 79.7. The number of nitrogens with zero attached hydrogens (tertiary/aromatic N) is 5. The molecule has 26 rings (SSSR count). The van der Waals surface area contributed by atoms with Gasteiger partial charge in [-0.05, 0) is 247 Å². The second kappa shape index (κ2) is 38.2. The first-order chi connectivity index (χ1) is 69.2. The van der Waals surface area contributed by atoms with Crippen LogP contribution in [0.2, 0.25) is 0 Å². The van der Waals surface area contributed by atoms with Crippen molar-refractivity contribution in [1.29, 1.82) is 0 Å². The van der Waals surface area contributed by atoms with E-state index in [9.17, 15) is 4.79 Å². The molecule has 0 atom stereocenters. The molecule has 0 spiro atoms. The van der Waals surface area contributed by atoms with Crippen molar-refractivity contribution in [3.63, 3.8) is 0 Å². The Balaban J connectivity index is 0.000000101. The van der Waals surface area contributed by atoms with E-state index in [1.165, 1.54) is 66.4 Å². The van der Waals surface area contributed by atoms with Gasteiger partial charge in [0.1, 0.15) is 57.5 Å². The molecule has 5 aromatic heterocycles. The third-order valence-electron chi connectivity index (χ3n) is 26.6. The number of anilines is 15. The predicted octanol–water partition coefficient (Wildman–Crippen LogP) is 33.3. The van der Waals surface area contributed by atoms with E-state index in [-0.39, 0.29) is 0 Å². The second-order valence-corrected chi connectivity index (χ2v) is 35.6. The molecular weight excluding hydrogens is 1750 g/mol. The highest BCUT2D eigenvalue weighted by Crippen LogP contribution is 2.57. The number of benzene rings is 16. The van der Waals surface area contributed by atoms with Crippen LogP contribution in [0.5, 0.6) is 34.5 Å². The fraction of sp³-hybridized carbons (Fsp3) is 0.121. The summed E-state index contributed by atoms with van der Waals surface area (Å²) in [6.07, 6.45) is 9.45. The number of ether oxygens (including phenoxy) is 6. The average molecular weight is 1850 g/mol. The van der Waals surface area contributed by atoms with Crippen molar-refractivity contribution in [3.8, 4) is 45.6 Å². The highest BCUT2D eigenvalue weighted by Gasteiger charge is 2.38. The largest absolute Gasteiger partial charge is 0.495 e. The number of carbonyl (C=O) groups excluding carboxylic acids is 1. The summed E-state index contributed by atoms with van der Waals surface area (Å²) in [7, 11) is 6.73. The maximum atomic E-state index is 12.9. The van der Waals surface area contributed by atoms with E-state index in [1.807, 2.05) is 157 Å². The van der Waals surface area contributed by atoms with Crippen LogP contribution in [-0.4, -0.2) is 34.4 Å². The van der Waals surface area contributed by atoms with Gasteiger partial charge in [-0.3, -0.25) is 24.5 Å². The number of para-hydroxylation sites is 14. The van der Waals surface area contributed by atoms with Gasteiger partial charge < -0.3 is 50.5 Å². The Morgan fingerprint density at radius 3 is 1.11 bits per heavy atom. The first kappa shape index (κ1) is 88.7. The number of carbonyl (C=O) groups is 1. The number of hydrogen-bond acceptors (Lipinski definition) is 17. The van der Waals surface area contributed by atoms with Gasteiger partial charge in [-0.1, -0.05) is 246 Å². The average Bonchev–Trinajstić information content (AvgIpc) is 1.57.